The monoisotopic (exact) mass is 177 g/mol. The van der Waals surface area contributed by atoms with E-state index in [1.807, 2.05) is 6.20 Å². The fourth-order valence-corrected chi connectivity index (χ4v) is 2.22. The highest BCUT2D eigenvalue weighted by atomic mass is 15.3. The molecule has 13 heavy (non-hydrogen) atoms. The number of rotatable bonds is 1. The quantitative estimate of drug-likeness (QED) is 0.699. The highest BCUT2D eigenvalue weighted by Gasteiger charge is 2.24. The zero-order chi connectivity index (χ0) is 8.67. The van der Waals surface area contributed by atoms with Crippen LogP contribution in [0.3, 0.4) is 0 Å². The van der Waals surface area contributed by atoms with Gasteiger partial charge in [0.1, 0.15) is 0 Å². The summed E-state index contributed by atoms with van der Waals surface area (Å²) in [4.78, 5) is 0. The Morgan fingerprint density at radius 3 is 3.15 bits per heavy atom. The number of aromatic nitrogens is 2. The van der Waals surface area contributed by atoms with Crippen molar-refractivity contribution in [2.75, 3.05) is 6.54 Å². The third-order valence-corrected chi connectivity index (χ3v) is 3.26. The number of nitrogens with one attached hydrogen (secondary N) is 1. The molecule has 0 spiro atoms. The second-order valence-electron chi connectivity index (χ2n) is 4.07. The Bertz CT molecular complexity index is 312. The number of hydrogen-bond acceptors (Lipinski definition) is 2. The van der Waals surface area contributed by atoms with Crippen molar-refractivity contribution < 1.29 is 0 Å². The predicted octanol–water partition coefficient (Wildman–Crippen LogP) is 1.25. The second-order valence-corrected chi connectivity index (χ2v) is 4.07. The van der Waals surface area contributed by atoms with Gasteiger partial charge in [0.2, 0.25) is 0 Å². The van der Waals surface area contributed by atoms with Crippen LogP contribution in [-0.2, 0) is 13.0 Å². The first-order chi connectivity index (χ1) is 6.45. The molecule has 0 saturated heterocycles. The van der Waals surface area contributed by atoms with E-state index >= 15 is 0 Å². The molecule has 1 saturated carbocycles. The molecule has 2 aliphatic rings. The van der Waals surface area contributed by atoms with E-state index in [1.165, 1.54) is 30.5 Å². The van der Waals surface area contributed by atoms with Crippen LogP contribution in [0.1, 0.15) is 36.6 Å². The minimum Gasteiger partial charge on any atom is -0.312 e. The van der Waals surface area contributed by atoms with Crippen LogP contribution in [0, 0.1) is 0 Å². The fourth-order valence-electron chi connectivity index (χ4n) is 2.22. The maximum absolute atomic E-state index is 4.50. The standard InChI is InChI=1S/C10H15N3/c1-2-9(3-1)13-10-4-5-11-6-8(10)7-12-13/h7,9,11H,1-6H2. The minimum atomic E-state index is 0.724. The SMILES string of the molecule is c1nn(C2CCC2)c2c1CNCC2. The lowest BCUT2D eigenvalue weighted by atomic mass is 9.93. The summed E-state index contributed by atoms with van der Waals surface area (Å²) in [5, 5.41) is 7.87. The Morgan fingerprint density at radius 1 is 1.46 bits per heavy atom. The normalized spacial score (nSPS) is 22.5. The van der Waals surface area contributed by atoms with Gasteiger partial charge in [-0.3, -0.25) is 4.68 Å². The molecule has 0 aromatic carbocycles. The smallest absolute Gasteiger partial charge is 0.0537 e. The van der Waals surface area contributed by atoms with Gasteiger partial charge in [-0.15, -0.1) is 0 Å². The molecule has 0 bridgehead atoms. The maximum atomic E-state index is 4.50. The van der Waals surface area contributed by atoms with Gasteiger partial charge in [-0.05, 0) is 19.3 Å². The fraction of sp³-hybridized carbons (Fsp3) is 0.700. The molecule has 1 aromatic rings. The summed E-state index contributed by atoms with van der Waals surface area (Å²) < 4.78 is 2.28. The van der Waals surface area contributed by atoms with Crippen LogP contribution in [0.2, 0.25) is 0 Å². The van der Waals surface area contributed by atoms with Crippen molar-refractivity contribution in [1.82, 2.24) is 15.1 Å². The van der Waals surface area contributed by atoms with Crippen LogP contribution in [0.5, 0.6) is 0 Å². The highest BCUT2D eigenvalue weighted by Crippen LogP contribution is 2.33. The van der Waals surface area contributed by atoms with Gasteiger partial charge >= 0.3 is 0 Å². The van der Waals surface area contributed by atoms with Crippen molar-refractivity contribution in [2.45, 2.75) is 38.3 Å². The molecule has 0 unspecified atom stereocenters. The Hall–Kier alpha value is -0.830. The molecular weight excluding hydrogens is 162 g/mol. The maximum Gasteiger partial charge on any atom is 0.0537 e. The van der Waals surface area contributed by atoms with Crippen LogP contribution in [0.15, 0.2) is 6.20 Å². The third-order valence-electron chi connectivity index (χ3n) is 3.26. The molecule has 0 radical (unpaired) electrons. The van der Waals surface area contributed by atoms with Gasteiger partial charge in [-0.25, -0.2) is 0 Å². The molecule has 0 amide bonds. The first-order valence-corrected chi connectivity index (χ1v) is 5.21. The van der Waals surface area contributed by atoms with Gasteiger partial charge < -0.3 is 5.32 Å². The van der Waals surface area contributed by atoms with E-state index in [0.717, 1.165) is 25.6 Å². The lowest BCUT2D eigenvalue weighted by Gasteiger charge is -2.28. The summed E-state index contributed by atoms with van der Waals surface area (Å²) in [6.07, 6.45) is 7.26. The lowest BCUT2D eigenvalue weighted by molar-refractivity contribution is 0.280. The first kappa shape index (κ1) is 7.56. The second kappa shape index (κ2) is 2.84. The van der Waals surface area contributed by atoms with E-state index in [0.29, 0.717) is 0 Å². The average molecular weight is 177 g/mol. The lowest BCUT2D eigenvalue weighted by Crippen LogP contribution is -2.27. The van der Waals surface area contributed by atoms with Crippen molar-refractivity contribution in [3.05, 3.63) is 17.5 Å². The van der Waals surface area contributed by atoms with Gasteiger partial charge in [0, 0.05) is 30.8 Å². The number of nitrogens with zero attached hydrogens (tertiary/aromatic N) is 2. The minimum absolute atomic E-state index is 0.724. The summed E-state index contributed by atoms with van der Waals surface area (Å²) in [6.45, 7) is 2.13. The molecule has 1 aliphatic carbocycles. The molecule has 1 aromatic heterocycles. The summed E-state index contributed by atoms with van der Waals surface area (Å²) >= 11 is 0. The third kappa shape index (κ3) is 1.10. The van der Waals surface area contributed by atoms with Gasteiger partial charge in [-0.1, -0.05) is 0 Å². The molecule has 1 aliphatic heterocycles. The number of fused-ring (bicyclic) bond motifs is 1. The largest absolute Gasteiger partial charge is 0.312 e. The van der Waals surface area contributed by atoms with Gasteiger partial charge in [0.05, 0.1) is 12.2 Å². The molecule has 3 heteroatoms. The summed E-state index contributed by atoms with van der Waals surface area (Å²) in [5.41, 5.74) is 2.90. The molecule has 1 fully saturated rings. The van der Waals surface area contributed by atoms with Crippen molar-refractivity contribution >= 4 is 0 Å². The van der Waals surface area contributed by atoms with Crippen LogP contribution < -0.4 is 5.32 Å². The van der Waals surface area contributed by atoms with E-state index in [2.05, 4.69) is 15.1 Å². The zero-order valence-corrected chi connectivity index (χ0v) is 7.79. The Labute approximate surface area is 78.1 Å². The van der Waals surface area contributed by atoms with Crippen LogP contribution in [0.25, 0.3) is 0 Å². The highest BCUT2D eigenvalue weighted by molar-refractivity contribution is 5.21. The Morgan fingerprint density at radius 2 is 2.38 bits per heavy atom. The van der Waals surface area contributed by atoms with Crippen molar-refractivity contribution in [3.63, 3.8) is 0 Å². The summed E-state index contributed by atoms with van der Waals surface area (Å²) in [6, 6.07) is 0.724. The predicted molar refractivity (Wildman–Crippen MR) is 50.5 cm³/mol. The van der Waals surface area contributed by atoms with Crippen LogP contribution in [-0.4, -0.2) is 16.3 Å². The van der Waals surface area contributed by atoms with Gasteiger partial charge in [-0.2, -0.15) is 5.10 Å². The van der Waals surface area contributed by atoms with E-state index in [1.54, 1.807) is 0 Å². The van der Waals surface area contributed by atoms with E-state index in [4.69, 9.17) is 0 Å². The van der Waals surface area contributed by atoms with Crippen molar-refractivity contribution in [3.8, 4) is 0 Å². The van der Waals surface area contributed by atoms with E-state index < -0.39 is 0 Å². The van der Waals surface area contributed by atoms with E-state index in [9.17, 15) is 0 Å². The zero-order valence-electron chi connectivity index (χ0n) is 7.79. The molecular formula is C10H15N3. The Kier molecular flexibility index (Phi) is 1.65. The summed E-state index contributed by atoms with van der Waals surface area (Å²) in [5.74, 6) is 0. The van der Waals surface area contributed by atoms with Crippen molar-refractivity contribution in [1.29, 1.82) is 0 Å². The molecule has 3 rings (SSSR count). The van der Waals surface area contributed by atoms with Crippen molar-refractivity contribution in [2.24, 2.45) is 0 Å². The molecule has 0 atom stereocenters. The first-order valence-electron chi connectivity index (χ1n) is 5.21. The summed E-state index contributed by atoms with van der Waals surface area (Å²) in [7, 11) is 0. The molecule has 1 N–H and O–H groups in total. The topological polar surface area (TPSA) is 29.9 Å². The van der Waals surface area contributed by atoms with Crippen LogP contribution >= 0.6 is 0 Å². The average Bonchev–Trinajstić information content (AvgIpc) is 2.47. The molecule has 2 heterocycles. The van der Waals surface area contributed by atoms with Gasteiger partial charge in [0.15, 0.2) is 0 Å². The Balaban J connectivity index is 1.95. The molecule has 3 nitrogen and oxygen atoms in total. The number of hydrogen-bond donors (Lipinski definition) is 1. The van der Waals surface area contributed by atoms with Crippen LogP contribution in [0.4, 0.5) is 0 Å². The molecule has 70 valence electrons. The van der Waals surface area contributed by atoms with Gasteiger partial charge in [0.25, 0.3) is 0 Å². The van der Waals surface area contributed by atoms with E-state index in [-0.39, 0.29) is 0 Å².